The van der Waals surface area contributed by atoms with Gasteiger partial charge in [0, 0.05) is 11.1 Å². The van der Waals surface area contributed by atoms with Crippen LogP contribution in [-0.4, -0.2) is 27.9 Å². The molecule has 1 aliphatic rings. The Bertz CT molecular complexity index is 572. The van der Waals surface area contributed by atoms with E-state index >= 15 is 0 Å². The second kappa shape index (κ2) is 3.97. The molecule has 1 aromatic carbocycles. The first-order chi connectivity index (χ1) is 7.99. The number of allylic oxidation sites excluding steroid dienone is 2. The Kier molecular flexibility index (Phi) is 2.76. The minimum Gasteiger partial charge on any atom is -0.507 e. The molecule has 2 rings (SSSR count). The summed E-state index contributed by atoms with van der Waals surface area (Å²) in [6, 6.07) is 2.42. The van der Waals surface area contributed by atoms with E-state index in [-0.39, 0.29) is 22.6 Å². The number of hydrogen-bond acceptors (Lipinski definition) is 4. The molecule has 4 nitrogen and oxygen atoms in total. The Hall–Kier alpha value is -1.67. The molecule has 0 fully saturated rings. The fourth-order valence-electron chi connectivity index (χ4n) is 1.93. The number of phenols is 2. The predicted molar refractivity (Wildman–Crippen MR) is 65.7 cm³/mol. The number of ketones is 2. The molecule has 1 unspecified atom stereocenters. The van der Waals surface area contributed by atoms with E-state index < -0.39 is 11.6 Å². The Labute approximate surface area is 100 Å². The van der Waals surface area contributed by atoms with Crippen molar-refractivity contribution in [1.29, 1.82) is 0 Å². The molecule has 0 bridgehead atoms. The first-order valence-corrected chi connectivity index (χ1v) is 5.84. The minimum absolute atomic E-state index is 0.0990. The molecule has 88 valence electrons. The molecule has 0 aliphatic heterocycles. The molecule has 0 saturated heterocycles. The van der Waals surface area contributed by atoms with Crippen molar-refractivity contribution in [1.82, 2.24) is 0 Å². The molecule has 0 amide bonds. The van der Waals surface area contributed by atoms with E-state index in [1.54, 1.807) is 6.92 Å². The van der Waals surface area contributed by atoms with Gasteiger partial charge in [-0.05, 0) is 25.2 Å². The van der Waals surface area contributed by atoms with Gasteiger partial charge < -0.3 is 10.2 Å². The lowest BCUT2D eigenvalue weighted by Gasteiger charge is -2.19. The Morgan fingerprint density at radius 3 is 2.00 bits per heavy atom. The minimum atomic E-state index is -0.412. The van der Waals surface area contributed by atoms with Gasteiger partial charge in [-0.2, -0.15) is 0 Å². The molecular formula is C12H11O4P. The van der Waals surface area contributed by atoms with E-state index in [1.807, 2.05) is 0 Å². The normalized spacial score (nSPS) is 15.2. The van der Waals surface area contributed by atoms with E-state index in [0.29, 0.717) is 17.3 Å². The first kappa shape index (κ1) is 11.8. The van der Waals surface area contributed by atoms with Gasteiger partial charge in [0.05, 0.1) is 11.1 Å². The van der Waals surface area contributed by atoms with Crippen LogP contribution in [0.1, 0.15) is 27.6 Å². The van der Waals surface area contributed by atoms with Crippen molar-refractivity contribution in [2.45, 2.75) is 6.92 Å². The maximum atomic E-state index is 12.1. The average Bonchev–Trinajstić information content (AvgIpc) is 2.30. The highest BCUT2D eigenvalue weighted by Crippen LogP contribution is 2.37. The maximum Gasteiger partial charge on any atom is 0.194 e. The van der Waals surface area contributed by atoms with Crippen molar-refractivity contribution in [2.75, 3.05) is 6.16 Å². The SMILES string of the molecule is CC1=C(CP)C(=O)c2c(O)ccc(O)c2C1=O. The molecule has 0 aromatic heterocycles. The molecule has 1 atom stereocenters. The van der Waals surface area contributed by atoms with Crippen LogP contribution in [0, 0.1) is 0 Å². The summed E-state index contributed by atoms with van der Waals surface area (Å²) in [6.45, 7) is 1.55. The third-order valence-corrected chi connectivity index (χ3v) is 3.30. The first-order valence-electron chi connectivity index (χ1n) is 5.03. The second-order valence-electron chi connectivity index (χ2n) is 3.82. The number of benzene rings is 1. The van der Waals surface area contributed by atoms with Gasteiger partial charge in [-0.3, -0.25) is 9.59 Å². The Balaban J connectivity index is 2.81. The summed E-state index contributed by atoms with van der Waals surface area (Å²) < 4.78 is 0. The predicted octanol–water partition coefficient (Wildman–Crippen LogP) is 1.67. The van der Waals surface area contributed by atoms with Gasteiger partial charge in [0.1, 0.15) is 11.5 Å². The third kappa shape index (κ3) is 1.56. The fraction of sp³-hybridized carbons (Fsp3) is 0.167. The molecule has 2 N–H and O–H groups in total. The van der Waals surface area contributed by atoms with Gasteiger partial charge in [0.2, 0.25) is 0 Å². The molecule has 5 heteroatoms. The van der Waals surface area contributed by atoms with Gasteiger partial charge in [-0.25, -0.2) is 0 Å². The summed E-state index contributed by atoms with van der Waals surface area (Å²) in [5, 5.41) is 19.3. The van der Waals surface area contributed by atoms with Gasteiger partial charge in [-0.15, -0.1) is 9.24 Å². The number of carbonyl (C=O) groups is 2. The van der Waals surface area contributed by atoms with Crippen molar-refractivity contribution in [3.05, 3.63) is 34.4 Å². The number of fused-ring (bicyclic) bond motifs is 1. The van der Waals surface area contributed by atoms with Crippen LogP contribution < -0.4 is 0 Å². The van der Waals surface area contributed by atoms with Crippen LogP contribution in [-0.2, 0) is 0 Å². The number of aromatic hydroxyl groups is 2. The van der Waals surface area contributed by atoms with Crippen LogP contribution in [0.25, 0.3) is 0 Å². The zero-order valence-electron chi connectivity index (χ0n) is 9.15. The van der Waals surface area contributed by atoms with E-state index in [9.17, 15) is 19.8 Å². The Morgan fingerprint density at radius 1 is 1.06 bits per heavy atom. The molecule has 1 aliphatic carbocycles. The summed E-state index contributed by atoms with van der Waals surface area (Å²) in [5.41, 5.74) is 0.472. The van der Waals surface area contributed by atoms with Crippen LogP contribution in [0.3, 0.4) is 0 Å². The highest BCUT2D eigenvalue weighted by atomic mass is 31.0. The number of rotatable bonds is 1. The molecule has 0 heterocycles. The van der Waals surface area contributed by atoms with Gasteiger partial charge in [0.25, 0.3) is 0 Å². The van der Waals surface area contributed by atoms with Crippen molar-refractivity contribution in [3.8, 4) is 11.5 Å². The van der Waals surface area contributed by atoms with Crippen LogP contribution in [0.2, 0.25) is 0 Å². The van der Waals surface area contributed by atoms with E-state index in [1.165, 1.54) is 12.1 Å². The summed E-state index contributed by atoms with van der Waals surface area (Å²) in [6.07, 6.45) is 0.338. The number of hydrogen-bond donors (Lipinski definition) is 2. The van der Waals surface area contributed by atoms with E-state index in [0.717, 1.165) is 0 Å². The van der Waals surface area contributed by atoms with Crippen molar-refractivity contribution >= 4 is 20.8 Å². The zero-order chi connectivity index (χ0) is 12.7. The second-order valence-corrected chi connectivity index (χ2v) is 4.23. The van der Waals surface area contributed by atoms with Crippen LogP contribution in [0.15, 0.2) is 23.3 Å². The molecule has 1 aromatic rings. The summed E-state index contributed by atoms with van der Waals surface area (Å²) in [4.78, 5) is 24.1. The largest absolute Gasteiger partial charge is 0.507 e. The number of Topliss-reactive ketones (excluding diaryl/α,β-unsaturated/α-hetero) is 2. The van der Waals surface area contributed by atoms with Gasteiger partial charge in [0.15, 0.2) is 11.6 Å². The van der Waals surface area contributed by atoms with Crippen molar-refractivity contribution in [3.63, 3.8) is 0 Å². The van der Waals surface area contributed by atoms with E-state index in [2.05, 4.69) is 9.24 Å². The van der Waals surface area contributed by atoms with Crippen molar-refractivity contribution in [2.24, 2.45) is 0 Å². The Morgan fingerprint density at radius 2 is 1.53 bits per heavy atom. The third-order valence-electron chi connectivity index (χ3n) is 2.89. The van der Waals surface area contributed by atoms with Crippen molar-refractivity contribution < 1.29 is 19.8 Å². The van der Waals surface area contributed by atoms with E-state index in [4.69, 9.17) is 0 Å². The summed E-state index contributed by atoms with van der Waals surface area (Å²) in [5.74, 6) is -1.37. The quantitative estimate of drug-likeness (QED) is 0.587. The molecule has 0 radical (unpaired) electrons. The molecule has 17 heavy (non-hydrogen) atoms. The van der Waals surface area contributed by atoms with Crippen LogP contribution in [0.5, 0.6) is 11.5 Å². The highest BCUT2D eigenvalue weighted by molar-refractivity contribution is 7.17. The lowest BCUT2D eigenvalue weighted by atomic mass is 9.84. The topological polar surface area (TPSA) is 74.6 Å². The van der Waals surface area contributed by atoms with Gasteiger partial charge >= 0.3 is 0 Å². The van der Waals surface area contributed by atoms with Crippen LogP contribution >= 0.6 is 9.24 Å². The maximum absolute atomic E-state index is 12.1. The fourth-order valence-corrected chi connectivity index (χ4v) is 2.42. The lowest BCUT2D eigenvalue weighted by molar-refractivity contribution is 0.0970. The number of carbonyl (C=O) groups excluding carboxylic acids is 2. The number of phenolic OH excluding ortho intramolecular Hbond substituents is 2. The highest BCUT2D eigenvalue weighted by Gasteiger charge is 2.33. The monoisotopic (exact) mass is 250 g/mol. The smallest absolute Gasteiger partial charge is 0.194 e. The molecule has 0 saturated carbocycles. The molecule has 0 spiro atoms. The zero-order valence-corrected chi connectivity index (χ0v) is 10.3. The van der Waals surface area contributed by atoms with Crippen LogP contribution in [0.4, 0.5) is 0 Å². The lowest BCUT2D eigenvalue weighted by Crippen LogP contribution is -2.22. The summed E-state index contributed by atoms with van der Waals surface area (Å²) >= 11 is 0. The average molecular weight is 250 g/mol. The van der Waals surface area contributed by atoms with Gasteiger partial charge in [-0.1, -0.05) is 0 Å². The standard InChI is InChI=1S/C12H11O4P/c1-5-6(4-17)12(16)10-8(14)3-2-7(13)9(10)11(5)15/h2-3,13-14H,4,17H2,1H3. The molecular weight excluding hydrogens is 239 g/mol. The summed E-state index contributed by atoms with van der Waals surface area (Å²) in [7, 11) is 2.38.